The molecule has 0 aromatic heterocycles. The van der Waals surface area contributed by atoms with Crippen molar-refractivity contribution < 1.29 is 37.8 Å². The Morgan fingerprint density at radius 2 is 1.88 bits per heavy atom. The number of hydrogen-bond donors (Lipinski definition) is 1. The van der Waals surface area contributed by atoms with Gasteiger partial charge in [-0.2, -0.15) is 0 Å². The van der Waals surface area contributed by atoms with E-state index in [1.807, 2.05) is 0 Å². The molecule has 5 rings (SSSR count). The molecule has 0 amide bonds. The number of hydrogen-bond acceptors (Lipinski definition) is 9. The maximum atomic E-state index is 13.5. The smallest absolute Gasteiger partial charge is 0.342 e. The van der Waals surface area contributed by atoms with Crippen molar-refractivity contribution in [3.8, 4) is 17.2 Å². The lowest BCUT2D eigenvalue weighted by atomic mass is 9.80. The van der Waals surface area contributed by atoms with Gasteiger partial charge >= 0.3 is 11.9 Å². The van der Waals surface area contributed by atoms with Gasteiger partial charge in [0.25, 0.3) is 0 Å². The highest BCUT2D eigenvalue weighted by Gasteiger charge is 2.45. The Kier molecular flexibility index (Phi) is 5.77. The van der Waals surface area contributed by atoms with E-state index < -0.39 is 30.1 Å². The Morgan fingerprint density at radius 3 is 2.70 bits per heavy atom. The first-order chi connectivity index (χ1) is 16.0. The van der Waals surface area contributed by atoms with Gasteiger partial charge < -0.3 is 29.5 Å². The fraction of sp³-hybridized carbons (Fsp3) is 0.391. The number of hydroxylamine groups is 2. The van der Waals surface area contributed by atoms with Gasteiger partial charge in [-0.15, -0.1) is 0 Å². The van der Waals surface area contributed by atoms with E-state index in [-0.39, 0.29) is 31.6 Å². The van der Waals surface area contributed by atoms with E-state index in [1.165, 1.54) is 17.2 Å². The van der Waals surface area contributed by atoms with Gasteiger partial charge in [-0.05, 0) is 42.2 Å². The molecule has 2 aromatic rings. The highest BCUT2D eigenvalue weighted by molar-refractivity contribution is 5.82. The number of piperidine rings is 1. The predicted octanol–water partition coefficient (Wildman–Crippen LogP) is 2.10. The average molecular weight is 458 g/mol. The largest absolute Gasteiger partial charge is 0.493 e. The van der Waals surface area contributed by atoms with Gasteiger partial charge in [0.15, 0.2) is 17.7 Å². The van der Waals surface area contributed by atoms with Crippen molar-refractivity contribution in [1.82, 2.24) is 5.06 Å². The van der Waals surface area contributed by atoms with Crippen LogP contribution in [0.4, 0.5) is 4.39 Å². The minimum Gasteiger partial charge on any atom is -0.493 e. The van der Waals surface area contributed by atoms with Gasteiger partial charge in [0.1, 0.15) is 17.6 Å². The molecular formula is C23H23FN2O7. The Bertz CT molecular complexity index is 1050. The molecule has 174 valence electrons. The Balaban J connectivity index is 1.42. The zero-order chi connectivity index (χ0) is 22.9. The highest BCUT2D eigenvalue weighted by Crippen LogP contribution is 2.40. The van der Waals surface area contributed by atoms with Crippen molar-refractivity contribution in [3.63, 3.8) is 0 Å². The van der Waals surface area contributed by atoms with E-state index in [2.05, 4.69) is 0 Å². The molecule has 3 aliphatic rings. The molecule has 9 nitrogen and oxygen atoms in total. The van der Waals surface area contributed by atoms with E-state index in [0.717, 1.165) is 5.56 Å². The number of ether oxygens (including phenoxy) is 4. The van der Waals surface area contributed by atoms with Crippen LogP contribution in [0.25, 0.3) is 0 Å². The van der Waals surface area contributed by atoms with E-state index in [9.17, 15) is 14.0 Å². The summed E-state index contributed by atoms with van der Waals surface area (Å²) in [7, 11) is 0. The van der Waals surface area contributed by atoms with Crippen molar-refractivity contribution >= 4 is 11.9 Å². The first-order valence-corrected chi connectivity index (χ1v) is 10.7. The van der Waals surface area contributed by atoms with Crippen molar-refractivity contribution in [1.29, 1.82) is 0 Å². The van der Waals surface area contributed by atoms with E-state index >= 15 is 0 Å². The van der Waals surface area contributed by atoms with Gasteiger partial charge in [-0.25, -0.2) is 9.18 Å². The van der Waals surface area contributed by atoms with Crippen molar-refractivity contribution in [2.45, 2.75) is 31.0 Å². The van der Waals surface area contributed by atoms with Gasteiger partial charge in [0.2, 0.25) is 6.79 Å². The van der Waals surface area contributed by atoms with Crippen molar-refractivity contribution in [3.05, 3.63) is 53.8 Å². The summed E-state index contributed by atoms with van der Waals surface area (Å²) in [4.78, 5) is 30.1. The molecule has 3 heterocycles. The lowest BCUT2D eigenvalue weighted by molar-refractivity contribution is -0.273. The second kappa shape index (κ2) is 8.87. The first kappa shape index (κ1) is 21.5. The first-order valence-electron chi connectivity index (χ1n) is 10.7. The summed E-state index contributed by atoms with van der Waals surface area (Å²) in [5.41, 5.74) is 6.59. The third-order valence-electron chi connectivity index (χ3n) is 6.06. The number of esters is 1. The van der Waals surface area contributed by atoms with Gasteiger partial charge in [0.05, 0.1) is 18.9 Å². The number of nitrogens with zero attached hydrogens (tertiary/aromatic N) is 1. The van der Waals surface area contributed by atoms with Gasteiger partial charge in [-0.1, -0.05) is 17.2 Å². The molecule has 2 N–H and O–H groups in total. The normalized spacial score (nSPS) is 27.1. The molecule has 3 aliphatic heterocycles. The lowest BCUT2D eigenvalue weighted by Gasteiger charge is -2.44. The third kappa shape index (κ3) is 4.44. The number of fused-ring (bicyclic) bond motifs is 2. The van der Waals surface area contributed by atoms with Crippen LogP contribution < -0.4 is 19.9 Å². The minimum absolute atomic E-state index is 0.138. The van der Waals surface area contributed by atoms with Crippen molar-refractivity contribution in [2.75, 3.05) is 19.9 Å². The number of benzene rings is 2. The zero-order valence-corrected chi connectivity index (χ0v) is 17.6. The molecular weight excluding hydrogens is 435 g/mol. The van der Waals surface area contributed by atoms with Crippen LogP contribution in [0, 0.1) is 11.7 Å². The fourth-order valence-electron chi connectivity index (χ4n) is 4.37. The van der Waals surface area contributed by atoms with E-state index in [4.69, 9.17) is 29.5 Å². The molecule has 2 aromatic carbocycles. The summed E-state index contributed by atoms with van der Waals surface area (Å²) < 4.78 is 36.0. The highest BCUT2D eigenvalue weighted by atomic mass is 19.1. The molecule has 0 saturated carbocycles. The Morgan fingerprint density at radius 1 is 1.09 bits per heavy atom. The van der Waals surface area contributed by atoms with Crippen LogP contribution in [0.15, 0.2) is 42.5 Å². The Labute approximate surface area is 189 Å². The monoisotopic (exact) mass is 458 g/mol. The van der Waals surface area contributed by atoms with Crippen LogP contribution in [0.2, 0.25) is 0 Å². The van der Waals surface area contributed by atoms with Crippen molar-refractivity contribution in [2.24, 2.45) is 11.7 Å². The number of nitrogens with two attached hydrogens (primary N) is 1. The quantitative estimate of drug-likeness (QED) is 0.689. The molecule has 0 spiro atoms. The van der Waals surface area contributed by atoms with Crippen LogP contribution in [-0.2, 0) is 19.2 Å². The SMILES string of the molecule is NC1CC(=O)OC2[C@@H](COc3ccc4c(c3)OCO4)[C@H](c3ccc(F)cc3)CCN2OC1=O. The number of halogens is 1. The maximum Gasteiger partial charge on any atom is 0.342 e. The average Bonchev–Trinajstić information content (AvgIpc) is 3.27. The lowest BCUT2D eigenvalue weighted by Crippen LogP contribution is -2.56. The summed E-state index contributed by atoms with van der Waals surface area (Å²) in [6.45, 7) is 0.604. The summed E-state index contributed by atoms with van der Waals surface area (Å²) in [5.74, 6) is -0.425. The van der Waals surface area contributed by atoms with Crippen LogP contribution in [-0.4, -0.2) is 49.2 Å². The summed E-state index contributed by atoms with van der Waals surface area (Å²) in [6.07, 6.45) is -0.593. The topological polar surface area (TPSA) is 110 Å². The molecule has 2 fully saturated rings. The molecule has 0 bridgehead atoms. The maximum absolute atomic E-state index is 13.5. The third-order valence-corrected chi connectivity index (χ3v) is 6.06. The van der Waals surface area contributed by atoms with Crippen LogP contribution in [0.5, 0.6) is 17.2 Å². The minimum atomic E-state index is -1.09. The number of carbonyl (C=O) groups is 2. The summed E-state index contributed by atoms with van der Waals surface area (Å²) in [6, 6.07) is 10.3. The number of carbonyl (C=O) groups excluding carboxylic acids is 2. The fourth-order valence-corrected chi connectivity index (χ4v) is 4.37. The molecule has 2 saturated heterocycles. The molecule has 33 heavy (non-hydrogen) atoms. The van der Waals surface area contributed by atoms with Crippen LogP contribution in [0.3, 0.4) is 0 Å². The molecule has 0 radical (unpaired) electrons. The second-order valence-electron chi connectivity index (χ2n) is 8.18. The summed E-state index contributed by atoms with van der Waals surface area (Å²) in [5, 5.41) is 1.35. The molecule has 4 atom stereocenters. The predicted molar refractivity (Wildman–Crippen MR) is 111 cm³/mol. The van der Waals surface area contributed by atoms with Gasteiger partial charge in [0, 0.05) is 12.6 Å². The molecule has 10 heteroatoms. The molecule has 2 unspecified atom stereocenters. The zero-order valence-electron chi connectivity index (χ0n) is 17.6. The van der Waals surface area contributed by atoms with E-state index in [1.54, 1.807) is 30.3 Å². The Hall–Kier alpha value is -3.37. The summed E-state index contributed by atoms with van der Waals surface area (Å²) >= 11 is 0. The van der Waals surface area contributed by atoms with Crippen LogP contribution >= 0.6 is 0 Å². The van der Waals surface area contributed by atoms with Crippen LogP contribution in [0.1, 0.15) is 24.3 Å². The molecule has 0 aliphatic carbocycles. The number of rotatable bonds is 4. The van der Waals surface area contributed by atoms with E-state index in [0.29, 0.717) is 30.2 Å². The standard InChI is InChI=1S/C23H23FN2O7/c24-14-3-1-13(2-4-14)16-7-8-26-22(32-21(27)10-18(25)23(28)33-26)17(16)11-29-15-5-6-19-20(9-15)31-12-30-19/h1-6,9,16-18,22H,7-8,10-12,25H2/t16-,17-,18?,22?/m0/s1. The van der Waals surface area contributed by atoms with Gasteiger partial charge in [-0.3, -0.25) is 4.79 Å². The second-order valence-corrected chi connectivity index (χ2v) is 8.18.